The Morgan fingerprint density at radius 1 is 1.43 bits per heavy atom. The molecule has 76 valence electrons. The molecule has 0 saturated carbocycles. The van der Waals surface area contributed by atoms with Gasteiger partial charge in [-0.1, -0.05) is 11.3 Å². The Hall–Kier alpha value is -0.740. The number of hydrogen-bond acceptors (Lipinski definition) is 4. The molecule has 3 rings (SSSR count). The van der Waals surface area contributed by atoms with Gasteiger partial charge in [0.2, 0.25) is 11.9 Å². The molecule has 3 nitrogen and oxygen atoms in total. The van der Waals surface area contributed by atoms with Gasteiger partial charge in [-0.3, -0.25) is 0 Å². The molecule has 4 heteroatoms. The van der Waals surface area contributed by atoms with Gasteiger partial charge in [-0.15, -0.1) is 0 Å². The van der Waals surface area contributed by atoms with Crippen LogP contribution in [0.1, 0.15) is 23.6 Å². The van der Waals surface area contributed by atoms with Gasteiger partial charge in [-0.25, -0.2) is 0 Å². The van der Waals surface area contributed by atoms with E-state index in [9.17, 15) is 0 Å². The minimum Gasteiger partial charge on any atom is -0.453 e. The van der Waals surface area contributed by atoms with E-state index in [1.54, 1.807) is 11.3 Å². The van der Waals surface area contributed by atoms with Crippen molar-refractivity contribution in [3.8, 4) is 10.8 Å². The van der Waals surface area contributed by atoms with Crippen LogP contribution in [0.15, 0.2) is 6.07 Å². The lowest BCUT2D eigenvalue weighted by Crippen LogP contribution is -2.27. The molecule has 1 aromatic rings. The number of fused-ring (bicyclic) bond motifs is 1. The van der Waals surface area contributed by atoms with Crippen molar-refractivity contribution in [3.63, 3.8) is 0 Å². The van der Waals surface area contributed by atoms with Crippen molar-refractivity contribution in [1.82, 2.24) is 5.32 Å². The molecule has 1 unspecified atom stereocenters. The molecule has 0 bridgehead atoms. The van der Waals surface area contributed by atoms with Crippen LogP contribution in [0.3, 0.4) is 0 Å². The van der Waals surface area contributed by atoms with Gasteiger partial charge in [0, 0.05) is 17.3 Å². The van der Waals surface area contributed by atoms with Crippen LogP contribution in [0, 0.1) is 0 Å². The smallest absolute Gasteiger partial charge is 0.232 e. The van der Waals surface area contributed by atoms with Crippen LogP contribution in [-0.4, -0.2) is 19.9 Å². The normalized spacial score (nSPS) is 25.3. The van der Waals surface area contributed by atoms with E-state index in [-0.39, 0.29) is 0 Å². The minimum atomic E-state index is 0.393. The Kier molecular flexibility index (Phi) is 2.10. The lowest BCUT2D eigenvalue weighted by Gasteiger charge is -2.21. The van der Waals surface area contributed by atoms with E-state index in [1.807, 2.05) is 0 Å². The van der Waals surface area contributed by atoms with Crippen LogP contribution >= 0.6 is 11.3 Å². The van der Waals surface area contributed by atoms with Crippen molar-refractivity contribution in [2.45, 2.75) is 18.8 Å². The lowest BCUT2D eigenvalue weighted by molar-refractivity contribution is 0.175. The third-order valence-corrected chi connectivity index (χ3v) is 3.98. The monoisotopic (exact) mass is 211 g/mol. The van der Waals surface area contributed by atoms with Crippen LogP contribution in [-0.2, 0) is 0 Å². The van der Waals surface area contributed by atoms with Crippen molar-refractivity contribution < 1.29 is 9.47 Å². The molecule has 0 aliphatic carbocycles. The van der Waals surface area contributed by atoms with Gasteiger partial charge in [-0.05, 0) is 25.5 Å². The fraction of sp³-hybridized carbons (Fsp3) is 0.600. The molecule has 1 atom stereocenters. The summed E-state index contributed by atoms with van der Waals surface area (Å²) < 4.78 is 10.7. The number of rotatable bonds is 1. The Morgan fingerprint density at radius 3 is 3.21 bits per heavy atom. The molecular weight excluding hydrogens is 198 g/mol. The SMILES string of the molecule is c1c(C2CCCNC2)sc2c1OCO2. The van der Waals surface area contributed by atoms with E-state index in [0.717, 1.165) is 23.9 Å². The highest BCUT2D eigenvalue weighted by molar-refractivity contribution is 7.14. The second-order valence-electron chi connectivity index (χ2n) is 3.75. The summed E-state index contributed by atoms with van der Waals surface area (Å²) in [6.07, 6.45) is 2.56. The van der Waals surface area contributed by atoms with Crippen LogP contribution < -0.4 is 14.8 Å². The van der Waals surface area contributed by atoms with Crippen molar-refractivity contribution in [2.24, 2.45) is 0 Å². The summed E-state index contributed by atoms with van der Waals surface area (Å²) in [7, 11) is 0. The Morgan fingerprint density at radius 2 is 2.43 bits per heavy atom. The maximum Gasteiger partial charge on any atom is 0.232 e. The Labute approximate surface area is 87.0 Å². The predicted molar refractivity (Wildman–Crippen MR) is 55.3 cm³/mol. The highest BCUT2D eigenvalue weighted by atomic mass is 32.1. The molecule has 0 aromatic carbocycles. The van der Waals surface area contributed by atoms with Crippen LogP contribution in [0.5, 0.6) is 10.8 Å². The van der Waals surface area contributed by atoms with E-state index in [4.69, 9.17) is 9.47 Å². The first-order chi connectivity index (χ1) is 6.93. The van der Waals surface area contributed by atoms with Gasteiger partial charge in [0.25, 0.3) is 0 Å². The fourth-order valence-electron chi connectivity index (χ4n) is 2.02. The van der Waals surface area contributed by atoms with Gasteiger partial charge in [0.15, 0.2) is 5.75 Å². The average molecular weight is 211 g/mol. The van der Waals surface area contributed by atoms with E-state index in [1.165, 1.54) is 17.7 Å². The van der Waals surface area contributed by atoms with Crippen molar-refractivity contribution in [1.29, 1.82) is 0 Å². The summed E-state index contributed by atoms with van der Waals surface area (Å²) in [6, 6.07) is 2.14. The Balaban J connectivity index is 1.82. The lowest BCUT2D eigenvalue weighted by atomic mass is 9.98. The van der Waals surface area contributed by atoms with E-state index in [2.05, 4.69) is 11.4 Å². The second kappa shape index (κ2) is 3.44. The predicted octanol–water partition coefficient (Wildman–Crippen LogP) is 1.94. The molecular formula is C10H13NO2S. The molecule has 1 saturated heterocycles. The zero-order valence-corrected chi connectivity index (χ0v) is 8.73. The van der Waals surface area contributed by atoms with Gasteiger partial charge in [0.05, 0.1) is 0 Å². The number of thiophene rings is 1. The molecule has 0 amide bonds. The number of piperidine rings is 1. The minimum absolute atomic E-state index is 0.393. The molecule has 1 aromatic heterocycles. The van der Waals surface area contributed by atoms with E-state index >= 15 is 0 Å². The summed E-state index contributed by atoms with van der Waals surface area (Å²) in [5.41, 5.74) is 0. The van der Waals surface area contributed by atoms with Gasteiger partial charge < -0.3 is 14.8 Å². The number of ether oxygens (including phenoxy) is 2. The van der Waals surface area contributed by atoms with Crippen molar-refractivity contribution in [3.05, 3.63) is 10.9 Å². The maximum atomic E-state index is 5.35. The van der Waals surface area contributed by atoms with E-state index in [0.29, 0.717) is 12.7 Å². The largest absolute Gasteiger partial charge is 0.453 e. The first-order valence-electron chi connectivity index (χ1n) is 5.03. The molecule has 2 aliphatic rings. The van der Waals surface area contributed by atoms with Gasteiger partial charge >= 0.3 is 0 Å². The van der Waals surface area contributed by atoms with Crippen LogP contribution in [0.25, 0.3) is 0 Å². The molecule has 1 fully saturated rings. The third-order valence-electron chi connectivity index (χ3n) is 2.79. The zero-order valence-electron chi connectivity index (χ0n) is 7.91. The average Bonchev–Trinajstić information content (AvgIpc) is 2.78. The molecule has 14 heavy (non-hydrogen) atoms. The summed E-state index contributed by atoms with van der Waals surface area (Å²) in [5, 5.41) is 4.39. The summed E-state index contributed by atoms with van der Waals surface area (Å²) in [4.78, 5) is 1.40. The number of nitrogens with one attached hydrogen (secondary N) is 1. The molecule has 2 aliphatic heterocycles. The zero-order chi connectivity index (χ0) is 9.38. The summed E-state index contributed by atoms with van der Waals surface area (Å²) in [6.45, 7) is 2.65. The summed E-state index contributed by atoms with van der Waals surface area (Å²) >= 11 is 1.74. The van der Waals surface area contributed by atoms with Crippen molar-refractivity contribution >= 4 is 11.3 Å². The van der Waals surface area contributed by atoms with E-state index < -0.39 is 0 Å². The molecule has 0 radical (unpaired) electrons. The fourth-order valence-corrected chi connectivity index (χ4v) is 3.09. The third kappa shape index (κ3) is 1.38. The first-order valence-corrected chi connectivity index (χ1v) is 5.85. The Bertz CT molecular complexity index is 309. The van der Waals surface area contributed by atoms with Gasteiger partial charge in [-0.2, -0.15) is 0 Å². The second-order valence-corrected chi connectivity index (χ2v) is 4.80. The van der Waals surface area contributed by atoms with Crippen LogP contribution in [0.2, 0.25) is 0 Å². The standard InChI is InChI=1S/C10H13NO2S/c1-2-7(5-11-3-1)9-4-8-10(14-9)13-6-12-8/h4,7,11H,1-3,5-6H2. The summed E-state index contributed by atoms with van der Waals surface area (Å²) in [5.74, 6) is 1.60. The quantitative estimate of drug-likeness (QED) is 0.770. The highest BCUT2D eigenvalue weighted by Crippen LogP contribution is 2.44. The van der Waals surface area contributed by atoms with Crippen molar-refractivity contribution in [2.75, 3.05) is 19.9 Å². The molecule has 3 heterocycles. The van der Waals surface area contributed by atoms with Gasteiger partial charge in [0.1, 0.15) is 0 Å². The highest BCUT2D eigenvalue weighted by Gasteiger charge is 2.23. The maximum absolute atomic E-state index is 5.35. The molecule has 0 spiro atoms. The van der Waals surface area contributed by atoms with Crippen LogP contribution in [0.4, 0.5) is 0 Å². The molecule has 1 N–H and O–H groups in total. The topological polar surface area (TPSA) is 30.5 Å². The number of hydrogen-bond donors (Lipinski definition) is 1. The first kappa shape index (κ1) is 8.56.